The third-order valence-electron chi connectivity index (χ3n) is 3.99. The Balaban J connectivity index is 2.01. The summed E-state index contributed by atoms with van der Waals surface area (Å²) in [6.45, 7) is 11.4. The van der Waals surface area contributed by atoms with E-state index in [9.17, 15) is 9.90 Å². The number of carbonyl (C=O) groups is 1. The van der Waals surface area contributed by atoms with Gasteiger partial charge in [-0.3, -0.25) is 9.69 Å². The summed E-state index contributed by atoms with van der Waals surface area (Å²) in [5.74, 6) is -1.17. The van der Waals surface area contributed by atoms with Crippen molar-refractivity contribution in [2.75, 3.05) is 50.8 Å². The molecule has 22 heavy (non-hydrogen) atoms. The van der Waals surface area contributed by atoms with Crippen LogP contribution in [0, 0.1) is 19.8 Å². The summed E-state index contributed by atoms with van der Waals surface area (Å²) in [7, 11) is 0. The van der Waals surface area contributed by atoms with E-state index in [-0.39, 0.29) is 0 Å². The molecule has 7 heteroatoms. The number of nitrogens with zero attached hydrogens (tertiary/aromatic N) is 3. The predicted octanol–water partition coefficient (Wildman–Crippen LogP) is 1.62. The highest BCUT2D eigenvalue weighted by atomic mass is 32.1. The minimum atomic E-state index is -0.763. The van der Waals surface area contributed by atoms with Gasteiger partial charge in [-0.2, -0.15) is 0 Å². The molecule has 2 rings (SSSR count). The number of hydrogen-bond donors (Lipinski definition) is 1. The molecule has 0 spiro atoms. The molecule has 1 unspecified atom stereocenters. The van der Waals surface area contributed by atoms with E-state index in [4.69, 9.17) is 4.74 Å². The number of carboxylic acids is 1. The van der Waals surface area contributed by atoms with Crippen LogP contribution in [0.15, 0.2) is 0 Å². The molecule has 1 atom stereocenters. The second-order valence-corrected chi connectivity index (χ2v) is 6.96. The van der Waals surface area contributed by atoms with Gasteiger partial charge < -0.3 is 14.7 Å². The Morgan fingerprint density at radius 2 is 2.14 bits per heavy atom. The Morgan fingerprint density at radius 3 is 2.68 bits per heavy atom. The van der Waals surface area contributed by atoms with Crippen LogP contribution < -0.4 is 4.90 Å². The molecular weight excluding hydrogens is 302 g/mol. The highest BCUT2D eigenvalue weighted by Gasteiger charge is 2.20. The first-order chi connectivity index (χ1) is 10.5. The third-order valence-corrected chi connectivity index (χ3v) is 5.13. The maximum atomic E-state index is 11.2. The molecule has 1 saturated heterocycles. The van der Waals surface area contributed by atoms with Gasteiger partial charge in [-0.05, 0) is 13.8 Å². The quantitative estimate of drug-likeness (QED) is 0.821. The normalized spacial score (nSPS) is 17.4. The SMILES string of the molecule is Cc1nc(N(CCN2CCOCC2)CC(C)C(=O)O)sc1C. The van der Waals surface area contributed by atoms with Gasteiger partial charge in [-0.25, -0.2) is 4.98 Å². The van der Waals surface area contributed by atoms with E-state index in [0.717, 1.165) is 50.2 Å². The number of aryl methyl sites for hydroxylation is 2. The van der Waals surface area contributed by atoms with Crippen molar-refractivity contribution in [1.82, 2.24) is 9.88 Å². The van der Waals surface area contributed by atoms with Crippen LogP contribution in [0.3, 0.4) is 0 Å². The van der Waals surface area contributed by atoms with E-state index >= 15 is 0 Å². The van der Waals surface area contributed by atoms with Gasteiger partial charge in [0.2, 0.25) is 0 Å². The Bertz CT molecular complexity index is 481. The van der Waals surface area contributed by atoms with Crippen LogP contribution in [0.25, 0.3) is 0 Å². The first-order valence-corrected chi connectivity index (χ1v) is 8.51. The van der Waals surface area contributed by atoms with Crippen molar-refractivity contribution in [2.45, 2.75) is 20.8 Å². The van der Waals surface area contributed by atoms with E-state index in [2.05, 4.69) is 21.7 Å². The lowest BCUT2D eigenvalue weighted by Crippen LogP contribution is -2.43. The number of thiazole rings is 1. The maximum absolute atomic E-state index is 11.2. The topological polar surface area (TPSA) is 65.9 Å². The first-order valence-electron chi connectivity index (χ1n) is 7.69. The highest BCUT2D eigenvalue weighted by molar-refractivity contribution is 7.15. The molecule has 0 bridgehead atoms. The molecular formula is C15H25N3O3S. The fourth-order valence-electron chi connectivity index (χ4n) is 2.35. The molecule has 124 valence electrons. The minimum absolute atomic E-state index is 0.408. The molecule has 1 fully saturated rings. The maximum Gasteiger partial charge on any atom is 0.308 e. The molecule has 1 aliphatic rings. The fraction of sp³-hybridized carbons (Fsp3) is 0.733. The number of hydrogen-bond acceptors (Lipinski definition) is 6. The molecule has 0 aliphatic carbocycles. The van der Waals surface area contributed by atoms with Gasteiger partial charge in [0.25, 0.3) is 0 Å². The second kappa shape index (κ2) is 7.89. The van der Waals surface area contributed by atoms with E-state index in [1.165, 1.54) is 4.88 Å². The average Bonchev–Trinajstić information content (AvgIpc) is 2.83. The molecule has 2 heterocycles. The first kappa shape index (κ1) is 17.2. The average molecular weight is 327 g/mol. The summed E-state index contributed by atoms with van der Waals surface area (Å²) >= 11 is 1.64. The Labute approximate surface area is 135 Å². The smallest absolute Gasteiger partial charge is 0.308 e. The van der Waals surface area contributed by atoms with Gasteiger partial charge in [0.05, 0.1) is 24.8 Å². The van der Waals surface area contributed by atoms with Gasteiger partial charge in [-0.1, -0.05) is 6.92 Å². The Morgan fingerprint density at radius 1 is 1.45 bits per heavy atom. The van der Waals surface area contributed by atoms with Crippen molar-refractivity contribution in [3.05, 3.63) is 10.6 Å². The van der Waals surface area contributed by atoms with Crippen LogP contribution in [0.2, 0.25) is 0 Å². The van der Waals surface area contributed by atoms with E-state index in [1.807, 2.05) is 6.92 Å². The summed E-state index contributed by atoms with van der Waals surface area (Å²) in [6.07, 6.45) is 0. The van der Waals surface area contributed by atoms with Crippen LogP contribution in [0.5, 0.6) is 0 Å². The van der Waals surface area contributed by atoms with Gasteiger partial charge in [0.15, 0.2) is 5.13 Å². The number of anilines is 1. The number of ether oxygens (including phenoxy) is 1. The van der Waals surface area contributed by atoms with Crippen LogP contribution in [-0.4, -0.2) is 66.9 Å². The van der Waals surface area contributed by atoms with Crippen molar-refractivity contribution in [3.8, 4) is 0 Å². The van der Waals surface area contributed by atoms with Gasteiger partial charge in [0, 0.05) is 37.6 Å². The van der Waals surface area contributed by atoms with E-state index in [0.29, 0.717) is 6.54 Å². The largest absolute Gasteiger partial charge is 0.481 e. The Kier molecular flexibility index (Phi) is 6.16. The van der Waals surface area contributed by atoms with E-state index < -0.39 is 11.9 Å². The molecule has 0 amide bonds. The van der Waals surface area contributed by atoms with Crippen molar-refractivity contribution in [3.63, 3.8) is 0 Å². The second-order valence-electron chi connectivity index (χ2n) is 5.78. The molecule has 0 radical (unpaired) electrons. The van der Waals surface area contributed by atoms with Crippen LogP contribution in [0.1, 0.15) is 17.5 Å². The molecule has 1 aliphatic heterocycles. The zero-order valence-electron chi connectivity index (χ0n) is 13.5. The summed E-state index contributed by atoms with van der Waals surface area (Å²) in [5.41, 5.74) is 1.03. The standard InChI is InChI=1S/C15H25N3O3S/c1-11(14(19)20)10-18(15-16-12(2)13(3)22-15)5-4-17-6-8-21-9-7-17/h11H,4-10H2,1-3H3,(H,19,20). The van der Waals surface area contributed by atoms with Gasteiger partial charge in [-0.15, -0.1) is 11.3 Å². The number of aliphatic carboxylic acids is 1. The molecule has 0 saturated carbocycles. The number of carboxylic acid groups (broad SMARTS) is 1. The van der Waals surface area contributed by atoms with Gasteiger partial charge >= 0.3 is 5.97 Å². The fourth-order valence-corrected chi connectivity index (χ4v) is 3.30. The number of rotatable bonds is 7. The van der Waals surface area contributed by atoms with Crippen LogP contribution >= 0.6 is 11.3 Å². The summed E-state index contributed by atoms with van der Waals surface area (Å²) in [6, 6.07) is 0. The van der Waals surface area contributed by atoms with Gasteiger partial charge in [0.1, 0.15) is 0 Å². The third kappa shape index (κ3) is 4.66. The number of morpholine rings is 1. The Hall–Kier alpha value is -1.18. The minimum Gasteiger partial charge on any atom is -0.481 e. The lowest BCUT2D eigenvalue weighted by Gasteiger charge is -2.30. The summed E-state index contributed by atoms with van der Waals surface area (Å²) < 4.78 is 5.36. The monoisotopic (exact) mass is 327 g/mol. The molecule has 0 aromatic carbocycles. The van der Waals surface area contributed by atoms with Crippen LogP contribution in [-0.2, 0) is 9.53 Å². The summed E-state index contributed by atoms with van der Waals surface area (Å²) in [4.78, 5) is 21.4. The van der Waals surface area contributed by atoms with Crippen LogP contribution in [0.4, 0.5) is 5.13 Å². The lowest BCUT2D eigenvalue weighted by molar-refractivity contribution is -0.140. The highest BCUT2D eigenvalue weighted by Crippen LogP contribution is 2.25. The zero-order valence-corrected chi connectivity index (χ0v) is 14.4. The summed E-state index contributed by atoms with van der Waals surface area (Å²) in [5, 5.41) is 10.1. The predicted molar refractivity (Wildman–Crippen MR) is 87.9 cm³/mol. The number of aromatic nitrogens is 1. The van der Waals surface area contributed by atoms with E-state index in [1.54, 1.807) is 18.3 Å². The lowest BCUT2D eigenvalue weighted by atomic mass is 10.2. The molecule has 1 aromatic heterocycles. The van der Waals surface area contributed by atoms with Crippen molar-refractivity contribution < 1.29 is 14.6 Å². The van der Waals surface area contributed by atoms with Crippen molar-refractivity contribution in [2.24, 2.45) is 5.92 Å². The van der Waals surface area contributed by atoms with Crippen molar-refractivity contribution >= 4 is 22.4 Å². The van der Waals surface area contributed by atoms with Crippen molar-refractivity contribution in [1.29, 1.82) is 0 Å². The molecule has 1 aromatic rings. The molecule has 6 nitrogen and oxygen atoms in total. The molecule has 1 N–H and O–H groups in total. The zero-order chi connectivity index (χ0) is 16.1.